The number of halogens is 1. The maximum atomic E-state index is 11.4. The highest BCUT2D eigenvalue weighted by Crippen LogP contribution is 2.28. The number of nitrogens with zero attached hydrogens (tertiary/aromatic N) is 2. The van der Waals surface area contributed by atoms with Gasteiger partial charge in [-0.2, -0.15) is 5.10 Å². The third-order valence-electron chi connectivity index (χ3n) is 2.44. The Kier molecular flexibility index (Phi) is 2.79. The van der Waals surface area contributed by atoms with Crippen LogP contribution in [-0.4, -0.2) is 28.3 Å². The highest BCUT2D eigenvalue weighted by molar-refractivity contribution is 6.23. The van der Waals surface area contributed by atoms with Crippen LogP contribution in [0.25, 0.3) is 10.9 Å². The highest BCUT2D eigenvalue weighted by Gasteiger charge is 2.21. The van der Waals surface area contributed by atoms with Crippen molar-refractivity contribution in [3.05, 3.63) is 23.7 Å². The molecule has 0 spiro atoms. The van der Waals surface area contributed by atoms with Gasteiger partial charge in [-0.1, -0.05) is 0 Å². The lowest BCUT2D eigenvalue weighted by Gasteiger charge is -2.14. The zero-order valence-corrected chi connectivity index (χ0v) is 10.5. The molecule has 0 aliphatic rings. The van der Waals surface area contributed by atoms with E-state index in [2.05, 4.69) is 19.9 Å². The van der Waals surface area contributed by atoms with Crippen LogP contribution < -0.4 is 0 Å². The summed E-state index contributed by atoms with van der Waals surface area (Å²) in [6.07, 6.45) is 1.57. The summed E-state index contributed by atoms with van der Waals surface area (Å²) in [5.41, 5.74) is 1.66. The zero-order chi connectivity index (χ0) is 12.6. The number of alkyl halides is 1. The minimum atomic E-state index is -0.565. The van der Waals surface area contributed by atoms with Crippen molar-refractivity contribution in [3.8, 4) is 0 Å². The largest absolute Gasteiger partial charge is 0.464 e. The Morgan fingerprint density at radius 2 is 2.24 bits per heavy atom. The molecule has 0 atom stereocenters. The first-order valence-corrected chi connectivity index (χ1v) is 5.43. The minimum absolute atomic E-state index is 0.230. The quantitative estimate of drug-likeness (QED) is 0.658. The van der Waals surface area contributed by atoms with Crippen molar-refractivity contribution in [2.45, 2.75) is 18.7 Å². The molecule has 0 aliphatic carbocycles. The second kappa shape index (κ2) is 4.00. The maximum Gasteiger partial charge on any atom is 0.359 e. The molecular formula is C11H12ClN3O2. The normalized spacial score (nSPS) is 11.8. The lowest BCUT2D eigenvalue weighted by molar-refractivity contribution is 0.0596. The van der Waals surface area contributed by atoms with E-state index in [-0.39, 0.29) is 5.69 Å². The van der Waals surface area contributed by atoms with E-state index in [1.54, 1.807) is 12.3 Å². The molecule has 6 heteroatoms. The molecule has 1 N–H and O–H groups in total. The molecule has 17 heavy (non-hydrogen) atoms. The standard InChI is InChI=1S/C11H12ClN3O2/c1-11(2,12)8-4-7-6(5-13-8)9(15-14-7)10(16)17-3/h4-5H,1-3H3,(H,14,15). The van der Waals surface area contributed by atoms with Gasteiger partial charge >= 0.3 is 5.97 Å². The van der Waals surface area contributed by atoms with Crippen LogP contribution >= 0.6 is 11.6 Å². The number of aromatic nitrogens is 3. The van der Waals surface area contributed by atoms with Crippen LogP contribution in [0, 0.1) is 0 Å². The van der Waals surface area contributed by atoms with E-state index in [9.17, 15) is 4.79 Å². The van der Waals surface area contributed by atoms with Gasteiger partial charge in [0.15, 0.2) is 5.69 Å². The second-order valence-corrected chi connectivity index (χ2v) is 5.10. The van der Waals surface area contributed by atoms with E-state index in [1.165, 1.54) is 7.11 Å². The number of carbonyl (C=O) groups is 1. The number of pyridine rings is 1. The topological polar surface area (TPSA) is 67.9 Å². The molecule has 2 aromatic rings. The molecule has 0 aromatic carbocycles. The van der Waals surface area contributed by atoms with Gasteiger partial charge in [-0.05, 0) is 19.9 Å². The molecule has 0 aliphatic heterocycles. The first-order chi connectivity index (χ1) is 7.93. The molecule has 0 fully saturated rings. The van der Waals surface area contributed by atoms with Gasteiger partial charge in [0, 0.05) is 6.20 Å². The molecule has 2 heterocycles. The third-order valence-corrected chi connectivity index (χ3v) is 2.63. The Morgan fingerprint density at radius 3 is 2.82 bits per heavy atom. The number of hydrogen-bond donors (Lipinski definition) is 1. The summed E-state index contributed by atoms with van der Waals surface area (Å²) in [6, 6.07) is 1.78. The minimum Gasteiger partial charge on any atom is -0.464 e. The Labute approximate surface area is 103 Å². The fourth-order valence-electron chi connectivity index (χ4n) is 1.49. The van der Waals surface area contributed by atoms with Crippen molar-refractivity contribution in [3.63, 3.8) is 0 Å². The lowest BCUT2D eigenvalue weighted by atomic mass is 10.1. The molecule has 0 radical (unpaired) electrons. The first kappa shape index (κ1) is 11.9. The summed E-state index contributed by atoms with van der Waals surface area (Å²) in [5, 5.41) is 7.30. The Bertz CT molecular complexity index is 572. The highest BCUT2D eigenvalue weighted by atomic mass is 35.5. The van der Waals surface area contributed by atoms with E-state index in [1.807, 2.05) is 13.8 Å². The van der Waals surface area contributed by atoms with Gasteiger partial charge in [-0.3, -0.25) is 10.1 Å². The molecule has 2 aromatic heterocycles. The predicted octanol–water partition coefficient (Wildman–Crippen LogP) is 2.22. The van der Waals surface area contributed by atoms with E-state index >= 15 is 0 Å². The Morgan fingerprint density at radius 1 is 1.53 bits per heavy atom. The molecule has 0 saturated heterocycles. The SMILES string of the molecule is COC(=O)c1n[nH]c2cc(C(C)(C)Cl)ncc12. The van der Waals surface area contributed by atoms with Crippen LogP contribution in [-0.2, 0) is 9.61 Å². The summed E-state index contributed by atoms with van der Waals surface area (Å²) in [7, 11) is 1.31. The van der Waals surface area contributed by atoms with E-state index in [4.69, 9.17) is 11.6 Å². The number of esters is 1. The van der Waals surface area contributed by atoms with Gasteiger partial charge in [-0.25, -0.2) is 4.79 Å². The third kappa shape index (κ3) is 2.10. The number of hydrogen-bond acceptors (Lipinski definition) is 4. The van der Waals surface area contributed by atoms with Crippen LogP contribution in [0.1, 0.15) is 30.0 Å². The summed E-state index contributed by atoms with van der Waals surface area (Å²) in [6.45, 7) is 3.70. The number of methoxy groups -OCH3 is 1. The van der Waals surface area contributed by atoms with Crippen molar-refractivity contribution < 1.29 is 9.53 Å². The summed E-state index contributed by atoms with van der Waals surface area (Å²) >= 11 is 6.17. The van der Waals surface area contributed by atoms with Gasteiger partial charge in [0.1, 0.15) is 0 Å². The second-order valence-electron chi connectivity index (χ2n) is 4.15. The fraction of sp³-hybridized carbons (Fsp3) is 0.364. The number of rotatable bonds is 2. The number of aromatic amines is 1. The molecule has 90 valence electrons. The van der Waals surface area contributed by atoms with Crippen molar-refractivity contribution in [1.29, 1.82) is 0 Å². The van der Waals surface area contributed by atoms with E-state index < -0.39 is 10.8 Å². The molecule has 0 bridgehead atoms. The fourth-order valence-corrected chi connectivity index (χ4v) is 1.59. The van der Waals surface area contributed by atoms with Gasteiger partial charge in [0.25, 0.3) is 0 Å². The van der Waals surface area contributed by atoms with Crippen molar-refractivity contribution in [1.82, 2.24) is 15.2 Å². The smallest absolute Gasteiger partial charge is 0.359 e. The molecule has 0 saturated carbocycles. The van der Waals surface area contributed by atoms with Crippen LogP contribution in [0.5, 0.6) is 0 Å². The first-order valence-electron chi connectivity index (χ1n) is 5.05. The number of carbonyl (C=O) groups excluding carboxylic acids is 1. The average molecular weight is 254 g/mol. The predicted molar refractivity (Wildman–Crippen MR) is 64.1 cm³/mol. The van der Waals surface area contributed by atoms with Gasteiger partial charge in [0.05, 0.1) is 28.6 Å². The number of nitrogens with one attached hydrogen (secondary N) is 1. The van der Waals surface area contributed by atoms with Crippen LogP contribution in [0.2, 0.25) is 0 Å². The van der Waals surface area contributed by atoms with Crippen LogP contribution in [0.15, 0.2) is 12.3 Å². The molecule has 0 amide bonds. The number of ether oxygens (including phenoxy) is 1. The summed E-state index contributed by atoms with van der Waals surface area (Å²) < 4.78 is 4.62. The Balaban J connectivity index is 2.56. The maximum absolute atomic E-state index is 11.4. The zero-order valence-electron chi connectivity index (χ0n) is 9.74. The number of fused-ring (bicyclic) bond motifs is 1. The van der Waals surface area contributed by atoms with Crippen molar-refractivity contribution in [2.24, 2.45) is 0 Å². The average Bonchev–Trinajstić information content (AvgIpc) is 2.69. The molecule has 5 nitrogen and oxygen atoms in total. The summed E-state index contributed by atoms with van der Waals surface area (Å²) in [4.78, 5) is 15.1. The molecular weight excluding hydrogens is 242 g/mol. The summed E-state index contributed by atoms with van der Waals surface area (Å²) in [5.74, 6) is -0.490. The number of H-pyrrole nitrogens is 1. The Hall–Kier alpha value is -1.62. The van der Waals surface area contributed by atoms with Crippen LogP contribution in [0.3, 0.4) is 0 Å². The monoisotopic (exact) mass is 253 g/mol. The van der Waals surface area contributed by atoms with Gasteiger partial charge in [-0.15, -0.1) is 11.6 Å². The van der Waals surface area contributed by atoms with Crippen LogP contribution in [0.4, 0.5) is 0 Å². The lowest BCUT2D eigenvalue weighted by Crippen LogP contribution is -2.09. The van der Waals surface area contributed by atoms with Gasteiger partial charge in [0.2, 0.25) is 0 Å². The van der Waals surface area contributed by atoms with E-state index in [0.29, 0.717) is 16.6 Å². The molecule has 2 rings (SSSR count). The van der Waals surface area contributed by atoms with E-state index in [0.717, 1.165) is 0 Å². The molecule has 0 unspecified atom stereocenters. The van der Waals surface area contributed by atoms with Crippen molar-refractivity contribution in [2.75, 3.05) is 7.11 Å². The van der Waals surface area contributed by atoms with Crippen molar-refractivity contribution >= 4 is 28.5 Å². The van der Waals surface area contributed by atoms with Gasteiger partial charge < -0.3 is 4.74 Å².